The maximum Gasteiger partial charge on any atom is 0.227 e. The molecule has 170 valence electrons. The van der Waals surface area contributed by atoms with Gasteiger partial charge in [-0.15, -0.1) is 0 Å². The second-order valence-corrected chi connectivity index (χ2v) is 8.55. The first-order valence-electron chi connectivity index (χ1n) is 11.8. The van der Waals surface area contributed by atoms with E-state index in [1.165, 1.54) is 0 Å². The molecule has 0 fully saturated rings. The highest BCUT2D eigenvalue weighted by molar-refractivity contribution is 6.20. The van der Waals surface area contributed by atoms with Crippen LogP contribution in [0.3, 0.4) is 0 Å². The average molecular weight is 465 g/mol. The second-order valence-electron chi connectivity index (χ2n) is 8.55. The smallest absolute Gasteiger partial charge is 0.227 e. The Morgan fingerprint density at radius 2 is 1.06 bits per heavy atom. The topological polar surface area (TPSA) is 55.1 Å². The fraction of sp³-hybridized carbons (Fsp3) is 0. The van der Waals surface area contributed by atoms with Gasteiger partial charge in [0.25, 0.3) is 0 Å². The molecular weight excluding hydrogens is 444 g/mol. The predicted molar refractivity (Wildman–Crippen MR) is 145 cm³/mol. The van der Waals surface area contributed by atoms with E-state index < -0.39 is 0 Å². The Balaban J connectivity index is 1.36. The number of hydrogen-bond acceptors (Lipinski definition) is 5. The third-order valence-electron chi connectivity index (χ3n) is 6.37. The number of nitrogens with zero attached hydrogens (tertiary/aromatic N) is 4. The molecule has 0 amide bonds. The number of rotatable bonds is 4. The van der Waals surface area contributed by atoms with Gasteiger partial charge in [-0.2, -0.15) is 0 Å². The van der Waals surface area contributed by atoms with Crippen LogP contribution in [0.2, 0.25) is 0 Å². The van der Waals surface area contributed by atoms with Crippen molar-refractivity contribution in [3.63, 3.8) is 0 Å². The molecule has 4 aromatic carbocycles. The molecule has 0 aliphatic carbocycles. The summed E-state index contributed by atoms with van der Waals surface area (Å²) in [6.45, 7) is 0. The fourth-order valence-corrected chi connectivity index (χ4v) is 4.73. The third kappa shape index (κ3) is 3.29. The second kappa shape index (κ2) is 8.32. The van der Waals surface area contributed by atoms with Crippen LogP contribution in [0, 0.1) is 0 Å². The molecule has 3 aromatic heterocycles. The van der Waals surface area contributed by atoms with Gasteiger partial charge in [0.15, 0.2) is 5.58 Å². The number of anilines is 3. The number of pyridine rings is 2. The molecule has 0 atom stereocenters. The lowest BCUT2D eigenvalue weighted by molar-refractivity contribution is 0.623. The van der Waals surface area contributed by atoms with Crippen LogP contribution in [0.25, 0.3) is 44.4 Å². The predicted octanol–water partition coefficient (Wildman–Crippen LogP) is 8.06. The molecule has 7 aromatic rings. The van der Waals surface area contributed by atoms with Crippen molar-refractivity contribution in [1.82, 2.24) is 15.0 Å². The Morgan fingerprint density at radius 3 is 1.69 bits per heavy atom. The fourth-order valence-electron chi connectivity index (χ4n) is 4.73. The van der Waals surface area contributed by atoms with Crippen LogP contribution in [0.4, 0.5) is 17.1 Å². The lowest BCUT2D eigenvalue weighted by Crippen LogP contribution is -2.09. The van der Waals surface area contributed by atoms with Gasteiger partial charge in [-0.1, -0.05) is 36.4 Å². The molecule has 0 radical (unpaired) electrons. The quantitative estimate of drug-likeness (QED) is 0.247. The van der Waals surface area contributed by atoms with E-state index in [1.807, 2.05) is 36.4 Å². The van der Waals surface area contributed by atoms with Gasteiger partial charge in [-0.25, -0.2) is 4.98 Å². The van der Waals surface area contributed by atoms with Gasteiger partial charge in [0.05, 0.1) is 5.52 Å². The maximum atomic E-state index is 6.35. The molecule has 3 heterocycles. The minimum Gasteiger partial charge on any atom is -0.435 e. The minimum atomic E-state index is 0.573. The number of hydrogen-bond donors (Lipinski definition) is 0. The van der Waals surface area contributed by atoms with E-state index in [2.05, 4.69) is 87.7 Å². The first-order chi connectivity index (χ1) is 17.9. The average Bonchev–Trinajstić information content (AvgIpc) is 3.41. The van der Waals surface area contributed by atoms with Crippen molar-refractivity contribution in [2.24, 2.45) is 0 Å². The molecule has 0 saturated heterocycles. The van der Waals surface area contributed by atoms with Crippen LogP contribution in [-0.4, -0.2) is 15.0 Å². The van der Waals surface area contributed by atoms with Crippen LogP contribution in [0.5, 0.6) is 0 Å². The molecule has 0 bridgehead atoms. The summed E-state index contributed by atoms with van der Waals surface area (Å²) in [6, 6.07) is 36.9. The summed E-state index contributed by atoms with van der Waals surface area (Å²) in [5.41, 5.74) is 7.33. The highest BCUT2D eigenvalue weighted by Crippen LogP contribution is 2.38. The molecular formula is C31H20N4O. The Bertz CT molecular complexity index is 1720. The van der Waals surface area contributed by atoms with Gasteiger partial charge in [0.1, 0.15) is 11.0 Å². The lowest BCUT2D eigenvalue weighted by atomic mass is 10.1. The van der Waals surface area contributed by atoms with E-state index in [9.17, 15) is 0 Å². The van der Waals surface area contributed by atoms with Crippen LogP contribution in [0.1, 0.15) is 0 Å². The Labute approximate surface area is 207 Å². The van der Waals surface area contributed by atoms with E-state index in [0.717, 1.165) is 55.5 Å². The molecule has 36 heavy (non-hydrogen) atoms. The van der Waals surface area contributed by atoms with Crippen LogP contribution in [-0.2, 0) is 0 Å². The normalized spacial score (nSPS) is 11.3. The number of benzene rings is 4. The number of oxazole rings is 1. The molecule has 0 aliphatic heterocycles. The van der Waals surface area contributed by atoms with Crippen LogP contribution >= 0.6 is 0 Å². The van der Waals surface area contributed by atoms with Crippen molar-refractivity contribution in [2.75, 3.05) is 4.90 Å². The minimum absolute atomic E-state index is 0.573. The van der Waals surface area contributed by atoms with Crippen molar-refractivity contribution in [3.05, 3.63) is 122 Å². The summed E-state index contributed by atoms with van der Waals surface area (Å²) < 4.78 is 6.35. The van der Waals surface area contributed by atoms with E-state index in [1.54, 1.807) is 12.4 Å². The van der Waals surface area contributed by atoms with Crippen molar-refractivity contribution >= 4 is 50.0 Å². The highest BCUT2D eigenvalue weighted by Gasteiger charge is 2.18. The monoisotopic (exact) mass is 464 g/mol. The van der Waals surface area contributed by atoms with Gasteiger partial charge in [0, 0.05) is 45.8 Å². The largest absolute Gasteiger partial charge is 0.435 e. The van der Waals surface area contributed by atoms with Gasteiger partial charge < -0.3 is 9.32 Å². The first kappa shape index (κ1) is 20.4. The van der Waals surface area contributed by atoms with Crippen molar-refractivity contribution < 1.29 is 4.42 Å². The van der Waals surface area contributed by atoms with Crippen molar-refractivity contribution in [2.45, 2.75) is 0 Å². The zero-order chi connectivity index (χ0) is 23.9. The number of aromatic nitrogens is 3. The highest BCUT2D eigenvalue weighted by atomic mass is 16.3. The number of para-hydroxylation sites is 2. The standard InChI is InChI=1S/C31H20N4O/c1-3-9-22(10-4-1)35(23-11-5-2-6-12-23)24-17-15-21(16-18-24)31-34-29-25-13-7-19-32-27(25)28-26(30(29)36-31)14-8-20-33-28/h1-20H. The van der Waals surface area contributed by atoms with Gasteiger partial charge >= 0.3 is 0 Å². The molecule has 0 aliphatic rings. The summed E-state index contributed by atoms with van der Waals surface area (Å²) in [6.07, 6.45) is 3.57. The summed E-state index contributed by atoms with van der Waals surface area (Å²) in [7, 11) is 0. The van der Waals surface area contributed by atoms with Gasteiger partial charge in [-0.3, -0.25) is 9.97 Å². The molecule has 0 N–H and O–H groups in total. The summed E-state index contributed by atoms with van der Waals surface area (Å²) in [5.74, 6) is 0.573. The van der Waals surface area contributed by atoms with Crippen LogP contribution < -0.4 is 4.90 Å². The van der Waals surface area contributed by atoms with Crippen molar-refractivity contribution in [3.8, 4) is 11.5 Å². The van der Waals surface area contributed by atoms with Gasteiger partial charge in [-0.05, 0) is 72.8 Å². The van der Waals surface area contributed by atoms with E-state index in [0.29, 0.717) is 5.89 Å². The molecule has 5 heteroatoms. The Kier molecular flexibility index (Phi) is 4.71. The molecule has 5 nitrogen and oxygen atoms in total. The number of fused-ring (bicyclic) bond motifs is 6. The van der Waals surface area contributed by atoms with E-state index in [-0.39, 0.29) is 0 Å². The van der Waals surface area contributed by atoms with E-state index >= 15 is 0 Å². The third-order valence-corrected chi connectivity index (χ3v) is 6.37. The Morgan fingerprint density at radius 1 is 0.500 bits per heavy atom. The maximum absolute atomic E-state index is 6.35. The first-order valence-corrected chi connectivity index (χ1v) is 11.8. The molecule has 7 rings (SSSR count). The van der Waals surface area contributed by atoms with Crippen molar-refractivity contribution in [1.29, 1.82) is 0 Å². The summed E-state index contributed by atoms with van der Waals surface area (Å²) in [5, 5.41) is 1.85. The zero-order valence-corrected chi connectivity index (χ0v) is 19.2. The molecule has 0 spiro atoms. The molecule has 0 saturated carbocycles. The SMILES string of the molecule is c1ccc(N(c2ccccc2)c2ccc(-c3nc4c5cccnc5c5ncccc5c4o3)cc2)cc1. The lowest BCUT2D eigenvalue weighted by Gasteiger charge is -2.25. The summed E-state index contributed by atoms with van der Waals surface area (Å²) >= 11 is 0. The Hall–Kier alpha value is -5.03. The van der Waals surface area contributed by atoms with E-state index in [4.69, 9.17) is 9.40 Å². The zero-order valence-electron chi connectivity index (χ0n) is 19.2. The van der Waals surface area contributed by atoms with Crippen LogP contribution in [0.15, 0.2) is 126 Å². The molecule has 0 unspecified atom stereocenters. The summed E-state index contributed by atoms with van der Waals surface area (Å²) in [4.78, 5) is 16.3. The van der Waals surface area contributed by atoms with Gasteiger partial charge in [0.2, 0.25) is 5.89 Å².